The van der Waals surface area contributed by atoms with Gasteiger partial charge in [-0.1, -0.05) is 36.4 Å². The molecular weight excluding hydrogens is 374 g/mol. The third-order valence-corrected chi connectivity index (χ3v) is 4.97. The van der Waals surface area contributed by atoms with Gasteiger partial charge in [0.25, 0.3) is 5.91 Å². The van der Waals surface area contributed by atoms with Crippen LogP contribution in [-0.4, -0.2) is 41.6 Å². The molecule has 0 aromatic heterocycles. The lowest BCUT2D eigenvalue weighted by Gasteiger charge is -2.22. The first kappa shape index (κ1) is 18.8. The minimum atomic E-state index is -1.13. The second-order valence-electron chi connectivity index (χ2n) is 7.28. The number of nitrogens with one attached hydrogen (secondary N) is 2. The molecule has 2 aromatic rings. The van der Waals surface area contributed by atoms with Gasteiger partial charge in [0, 0.05) is 13.0 Å². The maximum atomic E-state index is 12.9. The Balaban J connectivity index is 1.39. The third kappa shape index (κ3) is 3.87. The molecule has 0 saturated carbocycles. The molecule has 2 heterocycles. The van der Waals surface area contributed by atoms with Gasteiger partial charge in [-0.3, -0.25) is 14.5 Å². The summed E-state index contributed by atoms with van der Waals surface area (Å²) in [6.45, 7) is 1.82. The quantitative estimate of drug-likeness (QED) is 0.724. The van der Waals surface area contributed by atoms with Crippen molar-refractivity contribution in [2.75, 3.05) is 13.3 Å². The fourth-order valence-corrected chi connectivity index (χ4v) is 3.47. The molecule has 8 nitrogen and oxygen atoms in total. The third-order valence-electron chi connectivity index (χ3n) is 4.97. The molecular formula is C21H21N3O5. The van der Waals surface area contributed by atoms with Gasteiger partial charge in [-0.15, -0.1) is 0 Å². The Bertz CT molecular complexity index is 962. The van der Waals surface area contributed by atoms with Gasteiger partial charge < -0.3 is 20.1 Å². The van der Waals surface area contributed by atoms with E-state index in [4.69, 9.17) is 9.47 Å². The second kappa shape index (κ2) is 7.46. The largest absolute Gasteiger partial charge is 0.454 e. The van der Waals surface area contributed by atoms with Crippen LogP contribution in [0, 0.1) is 0 Å². The highest BCUT2D eigenvalue weighted by Gasteiger charge is 2.48. The van der Waals surface area contributed by atoms with E-state index in [2.05, 4.69) is 10.6 Å². The van der Waals surface area contributed by atoms with Crippen molar-refractivity contribution in [3.05, 3.63) is 59.7 Å². The average molecular weight is 395 g/mol. The van der Waals surface area contributed by atoms with Crippen LogP contribution in [0.2, 0.25) is 0 Å². The molecule has 0 unspecified atom stereocenters. The molecule has 150 valence electrons. The molecule has 8 heteroatoms. The number of imide groups is 1. The fraction of sp³-hybridized carbons (Fsp3) is 0.286. The zero-order chi connectivity index (χ0) is 20.4. The van der Waals surface area contributed by atoms with Crippen LogP contribution < -0.4 is 20.1 Å². The number of urea groups is 1. The van der Waals surface area contributed by atoms with Crippen molar-refractivity contribution in [3.8, 4) is 11.5 Å². The van der Waals surface area contributed by atoms with Crippen LogP contribution in [0.15, 0.2) is 48.5 Å². The molecule has 2 aliphatic heterocycles. The maximum absolute atomic E-state index is 12.9. The predicted molar refractivity (Wildman–Crippen MR) is 103 cm³/mol. The molecule has 2 N–H and O–H groups in total. The molecule has 2 aliphatic rings. The minimum Gasteiger partial charge on any atom is -0.454 e. The van der Waals surface area contributed by atoms with Gasteiger partial charge in [-0.05, 0) is 30.2 Å². The van der Waals surface area contributed by atoms with Crippen LogP contribution >= 0.6 is 0 Å². The predicted octanol–water partition coefficient (Wildman–Crippen LogP) is 1.58. The summed E-state index contributed by atoms with van der Waals surface area (Å²) in [5.41, 5.74) is 0.622. The zero-order valence-corrected chi connectivity index (χ0v) is 15.9. The summed E-state index contributed by atoms with van der Waals surface area (Å²) in [5, 5.41) is 5.44. The Morgan fingerprint density at radius 2 is 1.86 bits per heavy atom. The highest BCUT2D eigenvalue weighted by molar-refractivity contribution is 6.08. The molecule has 0 spiro atoms. The monoisotopic (exact) mass is 395 g/mol. The first-order valence-corrected chi connectivity index (χ1v) is 9.28. The number of benzene rings is 2. The van der Waals surface area contributed by atoms with E-state index in [0.717, 1.165) is 16.0 Å². The molecule has 0 radical (unpaired) electrons. The van der Waals surface area contributed by atoms with Gasteiger partial charge in [0.1, 0.15) is 12.1 Å². The number of nitrogens with zero attached hydrogens (tertiary/aromatic N) is 1. The highest BCUT2D eigenvalue weighted by Crippen LogP contribution is 2.34. The van der Waals surface area contributed by atoms with Crippen LogP contribution in [0.4, 0.5) is 4.79 Å². The number of fused-ring (bicyclic) bond motifs is 1. The summed E-state index contributed by atoms with van der Waals surface area (Å²) in [6.07, 6.45) is 0.274. The van der Waals surface area contributed by atoms with Gasteiger partial charge in [0.15, 0.2) is 11.5 Å². The molecule has 1 fully saturated rings. The fourth-order valence-electron chi connectivity index (χ4n) is 3.47. The van der Waals surface area contributed by atoms with Gasteiger partial charge in [-0.25, -0.2) is 4.79 Å². The molecule has 4 rings (SSSR count). The molecule has 29 heavy (non-hydrogen) atoms. The van der Waals surface area contributed by atoms with Crippen LogP contribution in [0.5, 0.6) is 11.5 Å². The maximum Gasteiger partial charge on any atom is 0.325 e. The molecule has 0 bridgehead atoms. The Morgan fingerprint density at radius 1 is 1.10 bits per heavy atom. The Hall–Kier alpha value is -3.55. The molecule has 2 aromatic carbocycles. The van der Waals surface area contributed by atoms with E-state index in [9.17, 15) is 14.4 Å². The van der Waals surface area contributed by atoms with Crippen LogP contribution in [-0.2, 0) is 22.6 Å². The lowest BCUT2D eigenvalue weighted by atomic mass is 9.92. The summed E-state index contributed by atoms with van der Waals surface area (Å²) in [6, 6.07) is 14.2. The Kier molecular flexibility index (Phi) is 4.84. The number of amides is 4. The van der Waals surface area contributed by atoms with Crippen molar-refractivity contribution >= 4 is 17.8 Å². The second-order valence-corrected chi connectivity index (χ2v) is 7.28. The first-order valence-electron chi connectivity index (χ1n) is 9.28. The van der Waals surface area contributed by atoms with Crippen LogP contribution in [0.3, 0.4) is 0 Å². The van der Waals surface area contributed by atoms with Crippen molar-refractivity contribution in [2.45, 2.75) is 25.4 Å². The highest BCUT2D eigenvalue weighted by atomic mass is 16.7. The van der Waals surface area contributed by atoms with Gasteiger partial charge >= 0.3 is 6.03 Å². The molecule has 1 atom stereocenters. The SMILES string of the molecule is C[C@@]1(Cc2ccc3c(c2)OCO3)NC(=O)N(CC(=O)NCc2ccccc2)C1=O. The van der Waals surface area contributed by atoms with Crippen molar-refractivity contribution in [2.24, 2.45) is 0 Å². The van der Waals surface area contributed by atoms with Crippen molar-refractivity contribution in [3.63, 3.8) is 0 Å². The molecule has 1 saturated heterocycles. The van der Waals surface area contributed by atoms with Crippen molar-refractivity contribution < 1.29 is 23.9 Å². The summed E-state index contributed by atoms with van der Waals surface area (Å²) in [4.78, 5) is 38.4. The lowest BCUT2D eigenvalue weighted by molar-refractivity contribution is -0.134. The van der Waals surface area contributed by atoms with E-state index in [-0.39, 0.29) is 19.8 Å². The lowest BCUT2D eigenvalue weighted by Crippen LogP contribution is -2.46. The molecule has 4 amide bonds. The average Bonchev–Trinajstić information content (AvgIpc) is 3.25. The summed E-state index contributed by atoms with van der Waals surface area (Å²) in [7, 11) is 0. The minimum absolute atomic E-state index is 0.164. The van der Waals surface area contributed by atoms with E-state index in [1.54, 1.807) is 19.1 Å². The van der Waals surface area contributed by atoms with Gasteiger partial charge in [0.05, 0.1) is 0 Å². The van der Waals surface area contributed by atoms with E-state index >= 15 is 0 Å². The summed E-state index contributed by atoms with van der Waals surface area (Å²) < 4.78 is 10.7. The van der Waals surface area contributed by atoms with Crippen molar-refractivity contribution in [1.29, 1.82) is 0 Å². The normalized spacial score (nSPS) is 20.0. The standard InChI is InChI=1S/C21H21N3O5/c1-21(10-15-7-8-16-17(9-15)29-13-28-16)19(26)24(20(27)23-21)12-18(25)22-11-14-5-3-2-4-6-14/h2-9H,10-13H2,1H3,(H,22,25)(H,23,27)/t21-/m0/s1. The van der Waals surface area contributed by atoms with E-state index in [1.807, 2.05) is 36.4 Å². The first-order chi connectivity index (χ1) is 13.9. The van der Waals surface area contributed by atoms with Gasteiger partial charge in [0.2, 0.25) is 12.7 Å². The number of rotatable bonds is 6. The Morgan fingerprint density at radius 3 is 2.66 bits per heavy atom. The van der Waals surface area contributed by atoms with E-state index < -0.39 is 23.4 Å². The summed E-state index contributed by atoms with van der Waals surface area (Å²) in [5.74, 6) is 0.428. The number of hydrogen-bond acceptors (Lipinski definition) is 5. The Labute approximate surface area is 167 Å². The number of hydrogen-bond donors (Lipinski definition) is 2. The molecule has 0 aliphatic carbocycles. The zero-order valence-electron chi connectivity index (χ0n) is 15.9. The van der Waals surface area contributed by atoms with Crippen molar-refractivity contribution in [1.82, 2.24) is 15.5 Å². The van der Waals surface area contributed by atoms with E-state index in [0.29, 0.717) is 18.0 Å². The summed E-state index contributed by atoms with van der Waals surface area (Å²) >= 11 is 0. The van der Waals surface area contributed by atoms with Crippen LogP contribution in [0.1, 0.15) is 18.1 Å². The smallest absolute Gasteiger partial charge is 0.325 e. The number of carbonyl (C=O) groups is 3. The number of carbonyl (C=O) groups excluding carboxylic acids is 3. The van der Waals surface area contributed by atoms with Gasteiger partial charge in [-0.2, -0.15) is 0 Å². The van der Waals surface area contributed by atoms with Crippen LogP contribution in [0.25, 0.3) is 0 Å². The number of ether oxygens (including phenoxy) is 2. The van der Waals surface area contributed by atoms with E-state index in [1.165, 1.54) is 0 Å². The topological polar surface area (TPSA) is 97.0 Å².